The number of hydrogen-bond donors (Lipinski definition) is 3. The number of aromatic nitrogens is 3. The van der Waals surface area contributed by atoms with E-state index in [2.05, 4.69) is 36.4 Å². The average molecular weight is 327 g/mol. The molecule has 0 unspecified atom stereocenters. The van der Waals surface area contributed by atoms with Crippen molar-refractivity contribution >= 4 is 27.8 Å². The molecule has 0 aliphatic heterocycles. The fraction of sp³-hybridized carbons (Fsp3) is 0.182. The Labute approximate surface area is 117 Å². The smallest absolute Gasteiger partial charge is 0.337 e. The molecule has 1 aromatic heterocycles. The molecule has 0 aliphatic carbocycles. The molecule has 1 aromatic carbocycles. The molecule has 0 bridgehead atoms. The number of ether oxygens (including phenoxy) is 1. The van der Waals surface area contributed by atoms with Gasteiger partial charge in [-0.05, 0) is 25.1 Å². The fourth-order valence-corrected chi connectivity index (χ4v) is 1.72. The zero-order valence-corrected chi connectivity index (χ0v) is 11.6. The number of nitrogens with one attached hydrogen (secondary N) is 2. The molecule has 2 rings (SSSR count). The minimum atomic E-state index is -0.496. The molecule has 0 atom stereocenters. The standard InChI is InChI=1S/C11H11BrN4O3/c1-2-19-11-14-10(15-16-11)13-9(18)7-4-3-6(12)5-8(7)17/h3-5,17H,2H2,1H3,(H2,13,14,15,16,18). The molecule has 1 amide bonds. The minimum Gasteiger partial charge on any atom is -0.507 e. The summed E-state index contributed by atoms with van der Waals surface area (Å²) in [5.74, 6) is -0.476. The maximum absolute atomic E-state index is 11.9. The zero-order valence-electron chi connectivity index (χ0n) is 9.98. The summed E-state index contributed by atoms with van der Waals surface area (Å²) in [7, 11) is 0. The van der Waals surface area contributed by atoms with Crippen molar-refractivity contribution in [1.29, 1.82) is 0 Å². The second kappa shape index (κ2) is 5.70. The van der Waals surface area contributed by atoms with E-state index in [1.807, 2.05) is 0 Å². The van der Waals surface area contributed by atoms with E-state index < -0.39 is 5.91 Å². The van der Waals surface area contributed by atoms with Crippen LogP contribution < -0.4 is 10.1 Å². The van der Waals surface area contributed by atoms with Gasteiger partial charge in [0.25, 0.3) is 5.91 Å². The number of carbonyl (C=O) groups is 1. The summed E-state index contributed by atoms with van der Waals surface area (Å²) in [6.07, 6.45) is 0. The predicted molar refractivity (Wildman–Crippen MR) is 71.3 cm³/mol. The largest absolute Gasteiger partial charge is 0.507 e. The summed E-state index contributed by atoms with van der Waals surface area (Å²) < 4.78 is 5.73. The van der Waals surface area contributed by atoms with Crippen LogP contribution in [0.4, 0.5) is 5.95 Å². The number of anilines is 1. The molecule has 8 heteroatoms. The molecule has 0 spiro atoms. The van der Waals surface area contributed by atoms with Gasteiger partial charge < -0.3 is 9.84 Å². The van der Waals surface area contributed by atoms with Gasteiger partial charge in [0, 0.05) is 4.47 Å². The van der Waals surface area contributed by atoms with Crippen LogP contribution >= 0.6 is 15.9 Å². The quantitative estimate of drug-likeness (QED) is 0.797. The van der Waals surface area contributed by atoms with Crippen LogP contribution in [0, 0.1) is 0 Å². The highest BCUT2D eigenvalue weighted by Crippen LogP contribution is 2.22. The monoisotopic (exact) mass is 326 g/mol. The Morgan fingerprint density at radius 3 is 3.05 bits per heavy atom. The molecule has 0 radical (unpaired) electrons. The average Bonchev–Trinajstić information content (AvgIpc) is 2.76. The lowest BCUT2D eigenvalue weighted by Crippen LogP contribution is -2.13. The predicted octanol–water partition coefficient (Wildman–Crippen LogP) is 1.92. The molecule has 3 N–H and O–H groups in total. The molecule has 1 heterocycles. The Bertz CT molecular complexity index is 599. The number of nitrogens with zero attached hydrogens (tertiary/aromatic N) is 2. The second-order valence-electron chi connectivity index (χ2n) is 3.52. The molecular weight excluding hydrogens is 316 g/mol. The molecule has 0 saturated heterocycles. The first-order chi connectivity index (χ1) is 9.10. The van der Waals surface area contributed by atoms with Crippen molar-refractivity contribution in [1.82, 2.24) is 15.2 Å². The number of halogens is 1. The van der Waals surface area contributed by atoms with E-state index in [1.54, 1.807) is 13.0 Å². The van der Waals surface area contributed by atoms with Gasteiger partial charge in [-0.1, -0.05) is 15.9 Å². The van der Waals surface area contributed by atoms with E-state index in [0.29, 0.717) is 11.1 Å². The Balaban J connectivity index is 2.11. The SMILES string of the molecule is CCOc1n[nH]c(NC(=O)c2ccc(Br)cc2O)n1. The lowest BCUT2D eigenvalue weighted by atomic mass is 10.2. The van der Waals surface area contributed by atoms with Crippen LogP contribution in [-0.2, 0) is 0 Å². The molecule has 0 fully saturated rings. The van der Waals surface area contributed by atoms with Crippen LogP contribution in [0.25, 0.3) is 0 Å². The third-order valence-electron chi connectivity index (χ3n) is 2.17. The van der Waals surface area contributed by atoms with Crippen LogP contribution in [0.1, 0.15) is 17.3 Å². The third-order valence-corrected chi connectivity index (χ3v) is 2.67. The summed E-state index contributed by atoms with van der Waals surface area (Å²) in [5.41, 5.74) is 0.137. The lowest BCUT2D eigenvalue weighted by molar-refractivity contribution is 0.102. The zero-order chi connectivity index (χ0) is 13.8. The van der Waals surface area contributed by atoms with E-state index >= 15 is 0 Å². The van der Waals surface area contributed by atoms with Crippen LogP contribution in [0.3, 0.4) is 0 Å². The van der Waals surface area contributed by atoms with Gasteiger partial charge in [-0.15, -0.1) is 5.10 Å². The normalized spacial score (nSPS) is 10.2. The van der Waals surface area contributed by atoms with E-state index in [4.69, 9.17) is 4.74 Å². The van der Waals surface area contributed by atoms with Gasteiger partial charge in [-0.25, -0.2) is 5.10 Å². The van der Waals surface area contributed by atoms with E-state index in [9.17, 15) is 9.90 Å². The van der Waals surface area contributed by atoms with Gasteiger partial charge in [0.2, 0.25) is 5.95 Å². The number of hydrogen-bond acceptors (Lipinski definition) is 5. The van der Waals surface area contributed by atoms with Gasteiger partial charge >= 0.3 is 6.01 Å². The van der Waals surface area contributed by atoms with Crippen molar-refractivity contribution in [2.75, 3.05) is 11.9 Å². The van der Waals surface area contributed by atoms with Crippen LogP contribution in [0.15, 0.2) is 22.7 Å². The molecule has 19 heavy (non-hydrogen) atoms. The van der Waals surface area contributed by atoms with E-state index in [0.717, 1.165) is 0 Å². The third kappa shape index (κ3) is 3.22. The Hall–Kier alpha value is -2.09. The minimum absolute atomic E-state index is 0.128. The summed E-state index contributed by atoms with van der Waals surface area (Å²) >= 11 is 3.20. The van der Waals surface area contributed by atoms with Crippen molar-refractivity contribution in [3.63, 3.8) is 0 Å². The second-order valence-corrected chi connectivity index (χ2v) is 4.43. The maximum Gasteiger partial charge on any atom is 0.337 e. The van der Waals surface area contributed by atoms with Gasteiger partial charge in [-0.2, -0.15) is 4.98 Å². The number of phenolic OH excluding ortho intramolecular Hbond substituents is 1. The molecule has 100 valence electrons. The molecule has 0 aliphatic rings. The van der Waals surface area contributed by atoms with Crippen molar-refractivity contribution < 1.29 is 14.6 Å². The highest BCUT2D eigenvalue weighted by Gasteiger charge is 2.13. The fourth-order valence-electron chi connectivity index (χ4n) is 1.37. The highest BCUT2D eigenvalue weighted by molar-refractivity contribution is 9.10. The summed E-state index contributed by atoms with van der Waals surface area (Å²) in [5, 5.41) is 18.4. The number of phenols is 1. The number of aromatic amines is 1. The van der Waals surface area contributed by atoms with Crippen LogP contribution in [0.5, 0.6) is 11.8 Å². The first kappa shape index (κ1) is 13.3. The molecular formula is C11H11BrN4O3. The highest BCUT2D eigenvalue weighted by atomic mass is 79.9. The molecule has 0 saturated carbocycles. The topological polar surface area (TPSA) is 100 Å². The van der Waals surface area contributed by atoms with Crippen molar-refractivity contribution in [3.8, 4) is 11.8 Å². The van der Waals surface area contributed by atoms with Gasteiger partial charge in [-0.3, -0.25) is 10.1 Å². The lowest BCUT2D eigenvalue weighted by Gasteiger charge is -2.04. The van der Waals surface area contributed by atoms with Gasteiger partial charge in [0.15, 0.2) is 0 Å². The summed E-state index contributed by atoms with van der Waals surface area (Å²) in [4.78, 5) is 15.8. The van der Waals surface area contributed by atoms with Crippen LogP contribution in [0.2, 0.25) is 0 Å². The van der Waals surface area contributed by atoms with Crippen molar-refractivity contribution in [2.24, 2.45) is 0 Å². The first-order valence-electron chi connectivity index (χ1n) is 5.45. The number of rotatable bonds is 4. The summed E-state index contributed by atoms with van der Waals surface area (Å²) in [6, 6.07) is 4.73. The summed E-state index contributed by atoms with van der Waals surface area (Å²) in [6.45, 7) is 2.23. The Morgan fingerprint density at radius 2 is 2.37 bits per heavy atom. The van der Waals surface area contributed by atoms with Crippen molar-refractivity contribution in [2.45, 2.75) is 6.92 Å². The molecule has 7 nitrogen and oxygen atoms in total. The number of benzene rings is 1. The first-order valence-corrected chi connectivity index (χ1v) is 6.24. The van der Waals surface area contributed by atoms with E-state index in [-0.39, 0.29) is 23.3 Å². The Kier molecular flexibility index (Phi) is 4.00. The molecule has 2 aromatic rings. The number of H-pyrrole nitrogens is 1. The number of carbonyl (C=O) groups excluding carboxylic acids is 1. The van der Waals surface area contributed by atoms with Crippen molar-refractivity contribution in [3.05, 3.63) is 28.2 Å². The van der Waals surface area contributed by atoms with E-state index in [1.165, 1.54) is 12.1 Å². The van der Waals surface area contributed by atoms with Crippen LogP contribution in [-0.4, -0.2) is 32.8 Å². The number of amides is 1. The Morgan fingerprint density at radius 1 is 1.58 bits per heavy atom. The number of aromatic hydroxyl groups is 1. The maximum atomic E-state index is 11.9. The van der Waals surface area contributed by atoms with Gasteiger partial charge in [0.05, 0.1) is 12.2 Å². The van der Waals surface area contributed by atoms with Gasteiger partial charge in [0.1, 0.15) is 5.75 Å².